The number of phenols is 1. The number of amides is 1. The molecule has 3 aromatic rings. The first-order valence-electron chi connectivity index (χ1n) is 15.7. The summed E-state index contributed by atoms with van der Waals surface area (Å²) in [4.78, 5) is 47.0. The standard InChI is InChI=1S/C28H38N4O4S.2C2HF3O2/c1-20-4-2-3-5-21(20)9-16-32(23-11-18-36-19-12-23)17-10-25(34)30-15-14-29-13-8-22-6-7-24(33)26-27(22)37-28(35)31-26;2*3-2(4,5)1(6)7/h2-7,23,29,33H,8-19H2,1H3,(H,30,34)(H,31,35);2*(H,6,7). The lowest BCUT2D eigenvalue weighted by molar-refractivity contribution is -0.193. The normalized spacial score (nSPS) is 13.6. The number of phenolic OH excluding ortho intramolecular Hbond substituents is 1. The Bertz CT molecular complexity index is 1600. The molecule has 4 rings (SSSR count). The summed E-state index contributed by atoms with van der Waals surface area (Å²) in [7, 11) is 0. The average molecular weight is 755 g/mol. The molecule has 2 aromatic carbocycles. The molecule has 0 bridgehead atoms. The van der Waals surface area contributed by atoms with Gasteiger partial charge >= 0.3 is 29.2 Å². The Hall–Kier alpha value is -4.20. The fraction of sp³-hybridized carbons (Fsp3) is 0.500. The number of thiazole rings is 1. The summed E-state index contributed by atoms with van der Waals surface area (Å²) in [5.41, 5.74) is 4.22. The first-order chi connectivity index (χ1) is 23.9. The maximum absolute atomic E-state index is 12.5. The number of ether oxygens (including phenoxy) is 1. The SMILES string of the molecule is Cc1ccccc1CCN(CCC(=O)NCCNCCc1ccc(O)c2[nH]c(=O)sc12)C1CCOCC1.O=C(O)C(F)(F)F.O=C(O)C(F)(F)F. The van der Waals surface area contributed by atoms with Crippen LogP contribution in [0, 0.1) is 6.92 Å². The molecule has 51 heavy (non-hydrogen) atoms. The second kappa shape index (κ2) is 20.6. The van der Waals surface area contributed by atoms with Gasteiger partial charge in [-0.1, -0.05) is 41.7 Å². The maximum atomic E-state index is 12.5. The van der Waals surface area contributed by atoms with E-state index in [0.717, 1.165) is 80.1 Å². The lowest BCUT2D eigenvalue weighted by Gasteiger charge is -2.34. The van der Waals surface area contributed by atoms with Gasteiger partial charge in [-0.15, -0.1) is 0 Å². The third-order valence-electron chi connectivity index (χ3n) is 7.58. The van der Waals surface area contributed by atoms with Gasteiger partial charge in [-0.3, -0.25) is 14.5 Å². The highest BCUT2D eigenvalue weighted by molar-refractivity contribution is 7.16. The van der Waals surface area contributed by atoms with Gasteiger partial charge in [0.2, 0.25) is 5.91 Å². The number of hydrogen-bond acceptors (Lipinski definition) is 9. The van der Waals surface area contributed by atoms with Crippen LogP contribution in [-0.2, 0) is 32.0 Å². The molecule has 1 aliphatic heterocycles. The van der Waals surface area contributed by atoms with Crippen LogP contribution in [0.2, 0.25) is 0 Å². The van der Waals surface area contributed by atoms with Crippen LogP contribution >= 0.6 is 11.3 Å². The summed E-state index contributed by atoms with van der Waals surface area (Å²) in [6.07, 6.45) is -5.91. The zero-order valence-electron chi connectivity index (χ0n) is 27.5. The summed E-state index contributed by atoms with van der Waals surface area (Å²) >= 11 is 1.12. The number of halogens is 6. The smallest absolute Gasteiger partial charge is 0.490 e. The molecule has 6 N–H and O–H groups in total. The number of aromatic hydroxyl groups is 1. The van der Waals surface area contributed by atoms with Crippen LogP contribution in [0.3, 0.4) is 0 Å². The Morgan fingerprint density at radius 3 is 2.10 bits per heavy atom. The van der Waals surface area contributed by atoms with Crippen LogP contribution in [-0.4, -0.2) is 107 Å². The van der Waals surface area contributed by atoms with Gasteiger partial charge in [0, 0.05) is 51.9 Å². The Morgan fingerprint density at radius 2 is 1.51 bits per heavy atom. The minimum Gasteiger partial charge on any atom is -0.506 e. The average Bonchev–Trinajstić information content (AvgIpc) is 3.47. The number of H-pyrrole nitrogens is 1. The highest BCUT2D eigenvalue weighted by Gasteiger charge is 2.38. The fourth-order valence-electron chi connectivity index (χ4n) is 4.92. The lowest BCUT2D eigenvalue weighted by atomic mass is 10.0. The predicted octanol–water partition coefficient (Wildman–Crippen LogP) is 4.23. The van der Waals surface area contributed by atoms with Crippen molar-refractivity contribution < 1.29 is 60.8 Å². The number of nitrogens with zero attached hydrogens (tertiary/aromatic N) is 1. The number of carboxylic acid groups (broad SMARTS) is 2. The number of carboxylic acids is 2. The summed E-state index contributed by atoms with van der Waals surface area (Å²) in [6, 6.07) is 12.5. The topological polar surface area (TPSA) is 181 Å². The molecule has 1 aromatic heterocycles. The third-order valence-corrected chi connectivity index (χ3v) is 8.54. The number of carbonyl (C=O) groups excluding carboxylic acids is 1. The van der Waals surface area contributed by atoms with E-state index < -0.39 is 24.3 Å². The van der Waals surface area contributed by atoms with Gasteiger partial charge in [0.25, 0.3) is 0 Å². The van der Waals surface area contributed by atoms with Crippen molar-refractivity contribution in [3.05, 3.63) is 62.8 Å². The van der Waals surface area contributed by atoms with E-state index >= 15 is 0 Å². The number of aromatic nitrogens is 1. The van der Waals surface area contributed by atoms with Gasteiger partial charge in [0.05, 0.1) is 4.70 Å². The van der Waals surface area contributed by atoms with Crippen molar-refractivity contribution in [1.29, 1.82) is 0 Å². The molecule has 1 saturated heterocycles. The lowest BCUT2D eigenvalue weighted by Crippen LogP contribution is -2.43. The molecular weight excluding hydrogens is 714 g/mol. The number of benzene rings is 2. The summed E-state index contributed by atoms with van der Waals surface area (Å²) in [5, 5.41) is 30.6. The molecule has 12 nitrogen and oxygen atoms in total. The van der Waals surface area contributed by atoms with Crippen molar-refractivity contribution in [3.8, 4) is 5.75 Å². The minimum absolute atomic E-state index is 0.0760. The molecule has 2 heterocycles. The van der Waals surface area contributed by atoms with Crippen LogP contribution in [0.5, 0.6) is 5.75 Å². The molecule has 1 amide bonds. The van der Waals surface area contributed by atoms with E-state index in [0.29, 0.717) is 31.1 Å². The van der Waals surface area contributed by atoms with Gasteiger partial charge in [-0.25, -0.2) is 9.59 Å². The van der Waals surface area contributed by atoms with E-state index in [-0.39, 0.29) is 16.5 Å². The molecule has 0 atom stereocenters. The van der Waals surface area contributed by atoms with Crippen molar-refractivity contribution in [3.63, 3.8) is 0 Å². The minimum atomic E-state index is -5.08. The highest BCUT2D eigenvalue weighted by atomic mass is 32.1. The number of aromatic amines is 1. The molecule has 284 valence electrons. The van der Waals surface area contributed by atoms with Crippen molar-refractivity contribution >= 4 is 39.4 Å². The van der Waals surface area contributed by atoms with E-state index in [1.165, 1.54) is 11.1 Å². The molecule has 0 unspecified atom stereocenters. The largest absolute Gasteiger partial charge is 0.506 e. The van der Waals surface area contributed by atoms with Gasteiger partial charge in [-0.2, -0.15) is 26.3 Å². The van der Waals surface area contributed by atoms with Crippen molar-refractivity contribution in [1.82, 2.24) is 20.5 Å². The molecule has 0 radical (unpaired) electrons. The zero-order chi connectivity index (χ0) is 38.2. The predicted molar refractivity (Wildman–Crippen MR) is 176 cm³/mol. The Labute approximate surface area is 292 Å². The number of alkyl halides is 6. The molecule has 0 spiro atoms. The van der Waals surface area contributed by atoms with Crippen LogP contribution in [0.4, 0.5) is 26.3 Å². The zero-order valence-corrected chi connectivity index (χ0v) is 28.3. The van der Waals surface area contributed by atoms with E-state index in [2.05, 4.69) is 51.7 Å². The number of nitrogens with one attached hydrogen (secondary N) is 3. The Morgan fingerprint density at radius 1 is 0.902 bits per heavy atom. The summed E-state index contributed by atoms with van der Waals surface area (Å²) in [6.45, 7) is 7.41. The van der Waals surface area contributed by atoms with E-state index in [9.17, 15) is 41.0 Å². The number of carbonyl (C=O) groups is 3. The van der Waals surface area contributed by atoms with Crippen molar-refractivity contribution in [2.45, 2.75) is 57.4 Å². The van der Waals surface area contributed by atoms with Crippen LogP contribution < -0.4 is 15.5 Å². The van der Waals surface area contributed by atoms with Gasteiger partial charge in [0.15, 0.2) is 0 Å². The van der Waals surface area contributed by atoms with Crippen molar-refractivity contribution in [2.75, 3.05) is 45.9 Å². The number of aliphatic carboxylic acids is 2. The summed E-state index contributed by atoms with van der Waals surface area (Å²) in [5.74, 6) is -5.34. The van der Waals surface area contributed by atoms with Crippen LogP contribution in [0.25, 0.3) is 10.2 Å². The van der Waals surface area contributed by atoms with Crippen molar-refractivity contribution in [2.24, 2.45) is 0 Å². The Kier molecular flexibility index (Phi) is 17.4. The summed E-state index contributed by atoms with van der Waals surface area (Å²) < 4.78 is 69.8. The van der Waals surface area contributed by atoms with Gasteiger partial charge in [0.1, 0.15) is 11.3 Å². The molecule has 0 saturated carbocycles. The second-order valence-electron chi connectivity index (χ2n) is 11.2. The first kappa shape index (κ1) is 43.0. The maximum Gasteiger partial charge on any atom is 0.490 e. The van der Waals surface area contributed by atoms with Crippen LogP contribution in [0.1, 0.15) is 36.0 Å². The number of rotatable bonds is 13. The van der Waals surface area contributed by atoms with E-state index in [1.807, 2.05) is 6.07 Å². The number of hydrogen-bond donors (Lipinski definition) is 6. The monoisotopic (exact) mass is 754 g/mol. The number of aryl methyl sites for hydroxylation is 1. The molecule has 19 heteroatoms. The fourth-order valence-corrected chi connectivity index (χ4v) is 5.82. The third kappa shape index (κ3) is 15.7. The Balaban J connectivity index is 0.000000543. The highest BCUT2D eigenvalue weighted by Crippen LogP contribution is 2.28. The molecule has 1 aliphatic rings. The van der Waals surface area contributed by atoms with E-state index in [1.54, 1.807) is 6.07 Å². The molecular formula is C32H40F6N4O8S. The molecule has 1 fully saturated rings. The molecule has 0 aliphatic carbocycles. The van der Waals surface area contributed by atoms with E-state index in [4.69, 9.17) is 24.5 Å². The van der Waals surface area contributed by atoms with Crippen LogP contribution in [0.15, 0.2) is 41.2 Å². The van der Waals surface area contributed by atoms with Gasteiger partial charge < -0.3 is 35.7 Å². The second-order valence-corrected chi connectivity index (χ2v) is 12.2. The van der Waals surface area contributed by atoms with Gasteiger partial charge in [-0.05, 0) is 61.9 Å². The quantitative estimate of drug-likeness (QED) is 0.109. The number of fused-ring (bicyclic) bond motifs is 1. The first-order valence-corrected chi connectivity index (χ1v) is 16.5.